The lowest BCUT2D eigenvalue weighted by Crippen LogP contribution is -1.92. The lowest BCUT2D eigenvalue weighted by Gasteiger charge is -2.12. The minimum atomic E-state index is -2.50. The number of hydrogen-bond donors (Lipinski definition) is 0. The van der Waals surface area contributed by atoms with Crippen molar-refractivity contribution < 1.29 is 12.6 Å². The van der Waals surface area contributed by atoms with Gasteiger partial charge in [-0.05, 0) is 94.8 Å². The van der Waals surface area contributed by atoms with E-state index < -0.39 is 13.7 Å². The van der Waals surface area contributed by atoms with Crippen LogP contribution in [0.15, 0.2) is 102 Å². The molecule has 2 nitrogen and oxygen atoms in total. The topological polar surface area (TPSA) is 26.0 Å². The number of benzene rings is 5. The summed E-state index contributed by atoms with van der Waals surface area (Å²) in [7, 11) is 0. The average molecular weight is 470 g/mol. The fourth-order valence-electron chi connectivity index (χ4n) is 5.40. The van der Waals surface area contributed by atoms with Crippen molar-refractivity contribution in [2.45, 2.75) is 20.6 Å². The van der Waals surface area contributed by atoms with Crippen molar-refractivity contribution in [2.24, 2.45) is 0 Å². The summed E-state index contributed by atoms with van der Waals surface area (Å²) in [5.41, 5.74) is 4.61. The third-order valence-electron chi connectivity index (χ3n) is 7.02. The van der Waals surface area contributed by atoms with Crippen LogP contribution in [0.25, 0.3) is 65.9 Å². The summed E-state index contributed by atoms with van der Waals surface area (Å²) in [5, 5.41) is 6.55. The lowest BCUT2D eigenvalue weighted by molar-refractivity contribution is 0.670. The maximum atomic E-state index is 8.18. The van der Waals surface area contributed by atoms with Crippen LogP contribution in [0.3, 0.4) is 0 Å². The number of aromatic nitrogens is 1. The molecule has 0 amide bonds. The second kappa shape index (κ2) is 7.79. The normalized spacial score (nSPS) is 14.9. The summed E-state index contributed by atoms with van der Waals surface area (Å²) in [4.78, 5) is 4.64. The first-order chi connectivity index (χ1) is 20.0. The molecule has 0 aliphatic carbocycles. The quantitative estimate of drug-likeness (QED) is 0.236. The van der Waals surface area contributed by atoms with Crippen LogP contribution in [-0.2, 0) is 0 Å². The van der Waals surface area contributed by atoms with E-state index in [-0.39, 0.29) is 11.1 Å². The maximum Gasteiger partial charge on any atom is 0.144 e. The van der Waals surface area contributed by atoms with Crippen LogP contribution in [0.2, 0.25) is 0 Å². The van der Waals surface area contributed by atoms with Gasteiger partial charge in [-0.1, -0.05) is 66.2 Å². The molecule has 7 aromatic rings. The third-order valence-corrected chi connectivity index (χ3v) is 7.02. The van der Waals surface area contributed by atoms with Crippen LogP contribution in [0.4, 0.5) is 0 Å². The van der Waals surface area contributed by atoms with E-state index in [4.69, 9.17) is 12.6 Å². The molecule has 2 heteroatoms. The summed E-state index contributed by atoms with van der Waals surface area (Å²) in [6, 6.07) is 29.2. The van der Waals surface area contributed by atoms with Crippen molar-refractivity contribution in [3.63, 3.8) is 0 Å². The Morgan fingerprint density at radius 2 is 1.56 bits per heavy atom. The molecule has 172 valence electrons. The Balaban J connectivity index is 1.43. The minimum Gasteiger partial charge on any atom is -0.455 e. The first-order valence-corrected chi connectivity index (χ1v) is 11.9. The Hall–Kier alpha value is -4.43. The van der Waals surface area contributed by atoms with Crippen molar-refractivity contribution in [1.29, 1.82) is 0 Å². The van der Waals surface area contributed by atoms with Crippen LogP contribution in [0.1, 0.15) is 24.9 Å². The van der Waals surface area contributed by atoms with Gasteiger partial charge in [0.05, 0.1) is 5.69 Å². The van der Waals surface area contributed by atoms with Crippen molar-refractivity contribution in [3.05, 3.63) is 114 Å². The molecule has 0 fully saturated rings. The zero-order valence-electron chi connectivity index (χ0n) is 25.6. The van der Waals surface area contributed by atoms with Crippen LogP contribution in [-0.4, -0.2) is 4.98 Å². The van der Waals surface area contributed by atoms with Crippen molar-refractivity contribution in [2.75, 3.05) is 0 Å². The molecule has 2 heterocycles. The fourth-order valence-corrected chi connectivity index (χ4v) is 5.40. The number of hydrogen-bond acceptors (Lipinski definition) is 2. The van der Waals surface area contributed by atoms with Gasteiger partial charge in [0.2, 0.25) is 0 Å². The zero-order chi connectivity index (χ0) is 29.4. The molecular formula is C34H25NO. The molecule has 0 N–H and O–H groups in total. The summed E-state index contributed by atoms with van der Waals surface area (Å²) >= 11 is 0. The van der Waals surface area contributed by atoms with E-state index in [1.54, 1.807) is 25.3 Å². The average Bonchev–Trinajstić information content (AvgIpc) is 3.32. The van der Waals surface area contributed by atoms with Crippen molar-refractivity contribution >= 4 is 43.5 Å². The Kier molecular flexibility index (Phi) is 3.36. The molecule has 0 saturated carbocycles. The number of aryl methyl sites for hydroxylation is 3. The minimum absolute atomic E-state index is 0.00615. The number of nitrogens with zero attached hydrogens (tertiary/aromatic N) is 1. The number of para-hydroxylation sites is 1. The van der Waals surface area contributed by atoms with Gasteiger partial charge in [0.25, 0.3) is 0 Å². The molecule has 7 rings (SSSR count). The van der Waals surface area contributed by atoms with Crippen LogP contribution >= 0.6 is 0 Å². The Morgan fingerprint density at radius 1 is 0.694 bits per heavy atom. The zero-order valence-corrected chi connectivity index (χ0v) is 19.6. The van der Waals surface area contributed by atoms with Gasteiger partial charge in [0.15, 0.2) is 0 Å². The second-order valence-corrected chi connectivity index (χ2v) is 9.29. The maximum absolute atomic E-state index is 8.18. The summed E-state index contributed by atoms with van der Waals surface area (Å²) in [6.07, 6.45) is 1.65. The van der Waals surface area contributed by atoms with Gasteiger partial charge in [-0.2, -0.15) is 0 Å². The van der Waals surface area contributed by atoms with Gasteiger partial charge < -0.3 is 4.42 Å². The van der Waals surface area contributed by atoms with E-state index in [0.717, 1.165) is 38.1 Å². The predicted octanol–water partition coefficient (Wildman–Crippen LogP) is 9.55. The van der Waals surface area contributed by atoms with Crippen LogP contribution in [0, 0.1) is 20.6 Å². The molecule has 0 atom stereocenters. The Labute approximate surface area is 218 Å². The predicted molar refractivity (Wildman–Crippen MR) is 152 cm³/mol. The largest absolute Gasteiger partial charge is 0.455 e. The molecule has 2 aromatic heterocycles. The SMILES string of the molecule is [2H]C([2H])([2H])c1cc(C)c(-c2ccnc(-c3cccc4c3oc3cc5c(ccc6ccccc65)cc34)c2)c(C([2H])([2H])[2H])c1. The van der Waals surface area contributed by atoms with Gasteiger partial charge in [-0.15, -0.1) is 0 Å². The highest BCUT2D eigenvalue weighted by molar-refractivity contribution is 6.17. The smallest absolute Gasteiger partial charge is 0.144 e. The first-order valence-electron chi connectivity index (χ1n) is 14.9. The number of fused-ring (bicyclic) bond motifs is 6. The van der Waals surface area contributed by atoms with E-state index >= 15 is 0 Å². The standard InChI is InChI=1S/C34H25NO/c1-20-15-21(2)33(22(3)16-20)25-13-14-35-31(18-25)28-10-6-9-27-30-17-24-12-11-23-7-4-5-8-26(23)29(24)19-32(30)36-34(27)28/h4-19H,1-3H3/i1D3,2D3. The molecule has 0 aliphatic heterocycles. The summed E-state index contributed by atoms with van der Waals surface area (Å²) in [5.74, 6) is 0. The summed E-state index contributed by atoms with van der Waals surface area (Å²) < 4.78 is 54.5. The molecule has 0 bridgehead atoms. The molecule has 36 heavy (non-hydrogen) atoms. The number of pyridine rings is 1. The van der Waals surface area contributed by atoms with Gasteiger partial charge >= 0.3 is 0 Å². The molecule has 0 spiro atoms. The fraction of sp³-hybridized carbons (Fsp3) is 0.0882. The summed E-state index contributed by atoms with van der Waals surface area (Å²) in [6.45, 7) is -3.18. The van der Waals surface area contributed by atoms with Crippen molar-refractivity contribution in [1.82, 2.24) is 4.98 Å². The molecule has 0 saturated heterocycles. The van der Waals surface area contributed by atoms with Gasteiger partial charge in [-0.25, -0.2) is 0 Å². The Bertz CT molecular complexity index is 2190. The van der Waals surface area contributed by atoms with E-state index in [1.165, 1.54) is 11.5 Å². The number of rotatable bonds is 2. The second-order valence-electron chi connectivity index (χ2n) is 9.29. The monoisotopic (exact) mass is 469 g/mol. The van der Waals surface area contributed by atoms with E-state index in [1.807, 2.05) is 36.4 Å². The Morgan fingerprint density at radius 3 is 2.47 bits per heavy atom. The van der Waals surface area contributed by atoms with Crippen molar-refractivity contribution in [3.8, 4) is 22.4 Å². The molecular weight excluding hydrogens is 438 g/mol. The van der Waals surface area contributed by atoms with Crippen LogP contribution in [0.5, 0.6) is 0 Å². The highest BCUT2D eigenvalue weighted by Crippen LogP contribution is 2.39. The van der Waals surface area contributed by atoms with Gasteiger partial charge in [0, 0.05) is 30.8 Å². The van der Waals surface area contributed by atoms with Gasteiger partial charge in [-0.3, -0.25) is 4.98 Å². The van der Waals surface area contributed by atoms with Gasteiger partial charge in [0.1, 0.15) is 11.2 Å². The molecule has 0 radical (unpaired) electrons. The van der Waals surface area contributed by atoms with E-state index in [9.17, 15) is 0 Å². The molecule has 0 unspecified atom stereocenters. The highest BCUT2D eigenvalue weighted by atomic mass is 16.3. The lowest BCUT2D eigenvalue weighted by atomic mass is 9.93. The van der Waals surface area contributed by atoms with E-state index in [2.05, 4.69) is 41.4 Å². The third kappa shape index (κ3) is 3.15. The first kappa shape index (κ1) is 15.5. The van der Waals surface area contributed by atoms with Crippen LogP contribution < -0.4 is 0 Å². The molecule has 0 aliphatic rings. The molecule has 5 aromatic carbocycles. The van der Waals surface area contributed by atoms with E-state index in [0.29, 0.717) is 28.0 Å². The number of furan rings is 1. The highest BCUT2D eigenvalue weighted by Gasteiger charge is 2.16.